The summed E-state index contributed by atoms with van der Waals surface area (Å²) in [6.45, 7) is 4.88. The largest absolute Gasteiger partial charge is 0.454 e. The Bertz CT molecular complexity index is 506. The van der Waals surface area contributed by atoms with Gasteiger partial charge in [0.2, 0.25) is 0 Å². The van der Waals surface area contributed by atoms with Gasteiger partial charge in [0.25, 0.3) is 0 Å². The number of nitrogens with zero attached hydrogens (tertiary/aromatic N) is 1. The van der Waals surface area contributed by atoms with Crippen LogP contribution in [0.4, 0.5) is 0 Å². The standard InChI is InChI=1S/C16H21NO3/c1-11-15-10-12(2-3-14(15)16(19)20-11)4-7-17-8-5-13(18)6-9-17/h2-3,10-11,13,18H,4-9H2,1H3. The molecule has 4 heteroatoms. The summed E-state index contributed by atoms with van der Waals surface area (Å²) in [6.07, 6.45) is 2.50. The molecule has 2 heterocycles. The van der Waals surface area contributed by atoms with Gasteiger partial charge < -0.3 is 14.7 Å². The maximum atomic E-state index is 11.6. The summed E-state index contributed by atoms with van der Waals surface area (Å²) in [5.74, 6) is -0.205. The molecule has 0 saturated carbocycles. The SMILES string of the molecule is CC1OC(=O)c2ccc(CCN3CCC(O)CC3)cc21. The molecule has 0 bridgehead atoms. The number of ether oxygens (including phenoxy) is 1. The minimum atomic E-state index is -0.205. The Kier molecular flexibility index (Phi) is 3.76. The summed E-state index contributed by atoms with van der Waals surface area (Å²) in [5, 5.41) is 9.50. The lowest BCUT2D eigenvalue weighted by atomic mass is 10.0. The van der Waals surface area contributed by atoms with Crippen LogP contribution in [0, 0.1) is 0 Å². The van der Waals surface area contributed by atoms with E-state index < -0.39 is 0 Å². The number of rotatable bonds is 3. The molecule has 4 nitrogen and oxygen atoms in total. The highest BCUT2D eigenvalue weighted by molar-refractivity contribution is 5.94. The summed E-state index contributed by atoms with van der Waals surface area (Å²) < 4.78 is 5.22. The van der Waals surface area contributed by atoms with E-state index in [0.29, 0.717) is 5.56 Å². The van der Waals surface area contributed by atoms with Crippen molar-refractivity contribution in [2.45, 2.75) is 38.4 Å². The van der Waals surface area contributed by atoms with Crippen molar-refractivity contribution in [1.82, 2.24) is 4.90 Å². The summed E-state index contributed by atoms with van der Waals surface area (Å²) in [4.78, 5) is 14.0. The van der Waals surface area contributed by atoms with E-state index >= 15 is 0 Å². The average Bonchev–Trinajstić information content (AvgIpc) is 2.73. The molecule has 1 atom stereocenters. The molecule has 3 rings (SSSR count). The van der Waals surface area contributed by atoms with Gasteiger partial charge >= 0.3 is 5.97 Å². The molecule has 1 aromatic carbocycles. The molecule has 0 aromatic heterocycles. The van der Waals surface area contributed by atoms with E-state index in [1.165, 1.54) is 5.56 Å². The first-order chi connectivity index (χ1) is 9.63. The number of carbonyl (C=O) groups excluding carboxylic acids is 1. The van der Waals surface area contributed by atoms with Crippen molar-refractivity contribution in [3.8, 4) is 0 Å². The Labute approximate surface area is 119 Å². The van der Waals surface area contributed by atoms with Crippen LogP contribution >= 0.6 is 0 Å². The molecule has 20 heavy (non-hydrogen) atoms. The molecule has 1 saturated heterocycles. The summed E-state index contributed by atoms with van der Waals surface area (Å²) in [7, 11) is 0. The van der Waals surface area contributed by atoms with Crippen LogP contribution in [-0.2, 0) is 11.2 Å². The van der Waals surface area contributed by atoms with Crippen molar-refractivity contribution in [3.05, 3.63) is 34.9 Å². The average molecular weight is 275 g/mol. The molecule has 0 radical (unpaired) electrons. The van der Waals surface area contributed by atoms with E-state index in [0.717, 1.165) is 44.5 Å². The molecule has 0 aliphatic carbocycles. The molecule has 1 aromatic rings. The lowest BCUT2D eigenvalue weighted by molar-refractivity contribution is 0.0421. The summed E-state index contributed by atoms with van der Waals surface area (Å²) in [6, 6.07) is 6.01. The van der Waals surface area contributed by atoms with E-state index in [-0.39, 0.29) is 18.2 Å². The van der Waals surface area contributed by atoms with Crippen LogP contribution in [0.3, 0.4) is 0 Å². The van der Waals surface area contributed by atoms with Crippen LogP contribution < -0.4 is 0 Å². The summed E-state index contributed by atoms with van der Waals surface area (Å²) in [5.41, 5.74) is 2.98. The van der Waals surface area contributed by atoms with E-state index in [1.807, 2.05) is 19.1 Å². The van der Waals surface area contributed by atoms with Crippen molar-refractivity contribution in [3.63, 3.8) is 0 Å². The zero-order valence-corrected chi connectivity index (χ0v) is 11.8. The lowest BCUT2D eigenvalue weighted by Gasteiger charge is -2.29. The molecule has 108 valence electrons. The Hall–Kier alpha value is -1.39. The molecule has 1 N–H and O–H groups in total. The highest BCUT2D eigenvalue weighted by Crippen LogP contribution is 2.30. The zero-order chi connectivity index (χ0) is 14.1. The van der Waals surface area contributed by atoms with E-state index in [2.05, 4.69) is 11.0 Å². The predicted octanol–water partition coefficient (Wildman–Crippen LogP) is 1.92. The monoisotopic (exact) mass is 275 g/mol. The zero-order valence-electron chi connectivity index (χ0n) is 11.8. The van der Waals surface area contributed by atoms with Gasteiger partial charge in [0, 0.05) is 25.2 Å². The van der Waals surface area contributed by atoms with Gasteiger partial charge in [-0.05, 0) is 37.8 Å². The molecular weight excluding hydrogens is 254 g/mol. The third kappa shape index (κ3) is 2.72. The molecule has 1 fully saturated rings. The molecule has 0 spiro atoms. The second-order valence-corrected chi connectivity index (χ2v) is 5.79. The number of likely N-dealkylation sites (tertiary alicyclic amines) is 1. The van der Waals surface area contributed by atoms with Crippen LogP contribution in [0.15, 0.2) is 18.2 Å². The first-order valence-electron chi connectivity index (χ1n) is 7.37. The number of hydrogen-bond acceptors (Lipinski definition) is 4. The topological polar surface area (TPSA) is 49.8 Å². The van der Waals surface area contributed by atoms with E-state index in [1.54, 1.807) is 0 Å². The first kappa shape index (κ1) is 13.6. The van der Waals surface area contributed by atoms with Crippen LogP contribution in [-0.4, -0.2) is 41.7 Å². The maximum Gasteiger partial charge on any atom is 0.339 e. The van der Waals surface area contributed by atoms with Gasteiger partial charge in [-0.2, -0.15) is 0 Å². The number of fused-ring (bicyclic) bond motifs is 1. The van der Waals surface area contributed by atoms with Gasteiger partial charge in [-0.3, -0.25) is 0 Å². The van der Waals surface area contributed by atoms with E-state index in [4.69, 9.17) is 4.74 Å². The Morgan fingerprint density at radius 3 is 2.85 bits per heavy atom. The first-order valence-corrected chi connectivity index (χ1v) is 7.37. The number of aliphatic hydroxyl groups is 1. The number of cyclic esters (lactones) is 1. The Morgan fingerprint density at radius 2 is 2.10 bits per heavy atom. The fourth-order valence-corrected chi connectivity index (χ4v) is 3.01. The predicted molar refractivity (Wildman–Crippen MR) is 75.7 cm³/mol. The number of aliphatic hydroxyl groups excluding tert-OH is 1. The molecule has 1 unspecified atom stereocenters. The number of piperidine rings is 1. The molecule has 2 aliphatic rings. The van der Waals surface area contributed by atoms with Gasteiger partial charge in [0.1, 0.15) is 6.10 Å². The number of esters is 1. The maximum absolute atomic E-state index is 11.6. The van der Waals surface area contributed by atoms with Crippen LogP contribution in [0.2, 0.25) is 0 Å². The van der Waals surface area contributed by atoms with Gasteiger partial charge in [-0.25, -0.2) is 4.79 Å². The normalized spacial score (nSPS) is 23.7. The summed E-state index contributed by atoms with van der Waals surface area (Å²) >= 11 is 0. The second kappa shape index (κ2) is 5.54. The molecule has 0 amide bonds. The number of hydrogen-bond donors (Lipinski definition) is 1. The minimum Gasteiger partial charge on any atom is -0.454 e. The fourth-order valence-electron chi connectivity index (χ4n) is 3.01. The molecule has 2 aliphatic heterocycles. The van der Waals surface area contributed by atoms with Gasteiger partial charge in [0.15, 0.2) is 0 Å². The Morgan fingerprint density at radius 1 is 1.35 bits per heavy atom. The fraction of sp³-hybridized carbons (Fsp3) is 0.562. The van der Waals surface area contributed by atoms with Crippen molar-refractivity contribution in [2.24, 2.45) is 0 Å². The van der Waals surface area contributed by atoms with Crippen LogP contribution in [0.25, 0.3) is 0 Å². The van der Waals surface area contributed by atoms with E-state index in [9.17, 15) is 9.90 Å². The lowest BCUT2D eigenvalue weighted by Crippen LogP contribution is -2.37. The van der Waals surface area contributed by atoms with Crippen molar-refractivity contribution < 1.29 is 14.6 Å². The second-order valence-electron chi connectivity index (χ2n) is 5.79. The quantitative estimate of drug-likeness (QED) is 0.856. The third-order valence-electron chi connectivity index (χ3n) is 4.33. The van der Waals surface area contributed by atoms with Crippen molar-refractivity contribution in [1.29, 1.82) is 0 Å². The Balaban J connectivity index is 1.61. The number of carbonyl (C=O) groups is 1. The van der Waals surface area contributed by atoms with Gasteiger partial charge in [0.05, 0.1) is 11.7 Å². The van der Waals surface area contributed by atoms with Crippen LogP contribution in [0.5, 0.6) is 0 Å². The van der Waals surface area contributed by atoms with Crippen molar-refractivity contribution in [2.75, 3.05) is 19.6 Å². The third-order valence-corrected chi connectivity index (χ3v) is 4.33. The smallest absolute Gasteiger partial charge is 0.339 e. The molecular formula is C16H21NO3. The number of benzene rings is 1. The van der Waals surface area contributed by atoms with Gasteiger partial charge in [-0.1, -0.05) is 12.1 Å². The van der Waals surface area contributed by atoms with Gasteiger partial charge in [-0.15, -0.1) is 0 Å². The van der Waals surface area contributed by atoms with Crippen molar-refractivity contribution >= 4 is 5.97 Å². The highest BCUT2D eigenvalue weighted by Gasteiger charge is 2.27. The minimum absolute atomic E-state index is 0.116. The van der Waals surface area contributed by atoms with Crippen LogP contribution in [0.1, 0.15) is 47.4 Å². The highest BCUT2D eigenvalue weighted by atomic mass is 16.5.